The monoisotopic (exact) mass is 264 g/mol. The molecule has 3 rings (SSSR count). The molecule has 1 aliphatic rings. The Bertz CT molecular complexity index is 686. The van der Waals surface area contributed by atoms with Crippen LogP contribution in [0.15, 0.2) is 41.3 Å². The van der Waals surface area contributed by atoms with Gasteiger partial charge in [-0.15, -0.1) is 11.8 Å². The molecule has 3 heteroatoms. The minimum atomic E-state index is -2.00. The van der Waals surface area contributed by atoms with Crippen LogP contribution >= 0.6 is 11.8 Å². The summed E-state index contributed by atoms with van der Waals surface area (Å²) in [6.07, 6.45) is 0. The van der Waals surface area contributed by atoms with Crippen LogP contribution in [0.25, 0.3) is 0 Å². The third-order valence-electron chi connectivity index (χ3n) is 3.24. The Labute approximate surface area is 112 Å². The zero-order chi connectivity index (χ0) is 14.5. The van der Waals surface area contributed by atoms with Gasteiger partial charge in [0.2, 0.25) is 0 Å². The SMILES string of the molecule is [2H]C1([2H])Sc2ccccc2[C@@H](C)c2ccc(F)c(F)c21. The van der Waals surface area contributed by atoms with Crippen molar-refractivity contribution in [3.8, 4) is 0 Å². The molecule has 0 unspecified atom stereocenters. The summed E-state index contributed by atoms with van der Waals surface area (Å²) in [6.45, 7) is 1.89. The number of rotatable bonds is 0. The highest BCUT2D eigenvalue weighted by Crippen LogP contribution is 2.41. The molecule has 0 bridgehead atoms. The van der Waals surface area contributed by atoms with Gasteiger partial charge in [-0.3, -0.25) is 0 Å². The Kier molecular flexibility index (Phi) is 2.33. The number of halogens is 2. The van der Waals surface area contributed by atoms with Crippen molar-refractivity contribution < 1.29 is 11.5 Å². The van der Waals surface area contributed by atoms with Crippen LogP contribution in [0, 0.1) is 11.6 Å². The van der Waals surface area contributed by atoms with Crippen LogP contribution in [-0.4, -0.2) is 0 Å². The van der Waals surface area contributed by atoms with Gasteiger partial charge in [0.1, 0.15) is 0 Å². The van der Waals surface area contributed by atoms with Crippen LogP contribution in [-0.2, 0) is 5.70 Å². The van der Waals surface area contributed by atoms with E-state index in [0.717, 1.165) is 28.3 Å². The molecule has 0 N–H and O–H groups in total. The molecular formula is C15H12F2S. The standard InChI is InChI=1S/C15H12F2S/c1-9-10-6-7-13(16)15(17)12(10)8-18-14-5-3-2-4-11(9)14/h2-7,9H,8H2,1H3/t9-/m0/s1/i8D2. The summed E-state index contributed by atoms with van der Waals surface area (Å²) in [5, 5.41) is 0. The van der Waals surface area contributed by atoms with E-state index in [2.05, 4.69) is 0 Å². The average molecular weight is 264 g/mol. The summed E-state index contributed by atoms with van der Waals surface area (Å²) in [5.74, 6) is -2.27. The van der Waals surface area contributed by atoms with E-state index in [1.807, 2.05) is 31.2 Å². The van der Waals surface area contributed by atoms with Crippen LogP contribution in [0.1, 0.15) is 32.3 Å². The summed E-state index contributed by atoms with van der Waals surface area (Å²) < 4.78 is 43.9. The fraction of sp³-hybridized carbons (Fsp3) is 0.200. The summed E-state index contributed by atoms with van der Waals surface area (Å²) >= 11 is 0.931. The first-order valence-corrected chi connectivity index (χ1v) is 6.50. The minimum Gasteiger partial charge on any atom is -0.204 e. The lowest BCUT2D eigenvalue weighted by atomic mass is 9.90. The molecule has 0 fully saturated rings. The molecule has 0 radical (unpaired) electrons. The van der Waals surface area contributed by atoms with E-state index in [0.29, 0.717) is 5.56 Å². The van der Waals surface area contributed by atoms with Gasteiger partial charge in [-0.25, -0.2) is 8.78 Å². The summed E-state index contributed by atoms with van der Waals surface area (Å²) in [5.41, 5.74) is -0.730. The van der Waals surface area contributed by atoms with E-state index >= 15 is 0 Å². The third-order valence-corrected chi connectivity index (χ3v) is 4.14. The second kappa shape index (κ2) is 4.39. The first kappa shape index (κ1) is 9.56. The van der Waals surface area contributed by atoms with Crippen LogP contribution in [0.5, 0.6) is 0 Å². The average Bonchev–Trinajstić information content (AvgIpc) is 2.48. The van der Waals surface area contributed by atoms with Crippen molar-refractivity contribution >= 4 is 11.8 Å². The first-order chi connectivity index (χ1) is 9.42. The second-order valence-electron chi connectivity index (χ2n) is 4.29. The van der Waals surface area contributed by atoms with Gasteiger partial charge in [0.05, 0.1) is 0 Å². The van der Waals surface area contributed by atoms with E-state index in [-0.39, 0.29) is 11.5 Å². The molecule has 2 aromatic carbocycles. The molecule has 0 aromatic heterocycles. The lowest BCUT2D eigenvalue weighted by molar-refractivity contribution is 0.500. The van der Waals surface area contributed by atoms with Crippen LogP contribution in [0.4, 0.5) is 8.78 Å². The number of hydrogen-bond acceptors (Lipinski definition) is 1. The van der Waals surface area contributed by atoms with Crippen LogP contribution < -0.4 is 0 Å². The molecule has 0 saturated heterocycles. The van der Waals surface area contributed by atoms with E-state index in [1.165, 1.54) is 6.07 Å². The molecule has 92 valence electrons. The molecule has 0 saturated carbocycles. The highest BCUT2D eigenvalue weighted by atomic mass is 32.2. The van der Waals surface area contributed by atoms with Crippen molar-refractivity contribution in [3.05, 3.63) is 64.7 Å². The summed E-state index contributed by atoms with van der Waals surface area (Å²) in [6, 6.07) is 9.96. The quantitative estimate of drug-likeness (QED) is 0.663. The van der Waals surface area contributed by atoms with Crippen molar-refractivity contribution in [3.63, 3.8) is 0 Å². The largest absolute Gasteiger partial charge is 0.204 e. The van der Waals surface area contributed by atoms with Gasteiger partial charge >= 0.3 is 0 Å². The summed E-state index contributed by atoms with van der Waals surface area (Å²) in [4.78, 5) is 0.765. The van der Waals surface area contributed by atoms with E-state index in [9.17, 15) is 8.78 Å². The second-order valence-corrected chi connectivity index (χ2v) is 5.14. The Balaban J connectivity index is 2.33. The predicted molar refractivity (Wildman–Crippen MR) is 69.9 cm³/mol. The molecule has 18 heavy (non-hydrogen) atoms. The Hall–Kier alpha value is -1.35. The number of hydrogen-bond donors (Lipinski definition) is 0. The number of fused-ring (bicyclic) bond motifs is 2. The van der Waals surface area contributed by atoms with Gasteiger partial charge in [-0.1, -0.05) is 31.2 Å². The minimum absolute atomic E-state index is 0.175. The third kappa shape index (κ3) is 1.74. The maximum absolute atomic E-state index is 14.1. The molecule has 0 nitrogen and oxygen atoms in total. The number of benzene rings is 2. The topological polar surface area (TPSA) is 0 Å². The maximum atomic E-state index is 14.1. The van der Waals surface area contributed by atoms with Crippen molar-refractivity contribution in [1.29, 1.82) is 0 Å². The molecule has 1 atom stereocenters. The fourth-order valence-corrected chi connectivity index (χ4v) is 3.16. The molecule has 2 aromatic rings. The molecular weight excluding hydrogens is 250 g/mol. The lowest BCUT2D eigenvalue weighted by Crippen LogP contribution is -2.02. The Morgan fingerprint density at radius 2 is 1.94 bits per heavy atom. The Morgan fingerprint density at radius 3 is 2.78 bits per heavy atom. The normalized spacial score (nSPS) is 22.3. The van der Waals surface area contributed by atoms with E-state index in [4.69, 9.17) is 2.74 Å². The highest BCUT2D eigenvalue weighted by molar-refractivity contribution is 7.98. The van der Waals surface area contributed by atoms with Crippen LogP contribution in [0.2, 0.25) is 0 Å². The van der Waals surface area contributed by atoms with Gasteiger partial charge in [0.15, 0.2) is 11.6 Å². The van der Waals surface area contributed by atoms with Gasteiger partial charge in [-0.05, 0) is 23.3 Å². The van der Waals surface area contributed by atoms with Gasteiger partial charge in [0, 0.05) is 24.8 Å². The highest BCUT2D eigenvalue weighted by Gasteiger charge is 2.23. The molecule has 0 spiro atoms. The van der Waals surface area contributed by atoms with Gasteiger partial charge in [-0.2, -0.15) is 0 Å². The van der Waals surface area contributed by atoms with E-state index < -0.39 is 17.3 Å². The first-order valence-electron chi connectivity index (χ1n) is 6.68. The van der Waals surface area contributed by atoms with Crippen molar-refractivity contribution in [2.75, 3.05) is 0 Å². The van der Waals surface area contributed by atoms with Gasteiger partial charge in [0.25, 0.3) is 0 Å². The lowest BCUT2D eigenvalue weighted by Gasteiger charge is -2.15. The summed E-state index contributed by atoms with van der Waals surface area (Å²) in [7, 11) is 0. The molecule has 1 aliphatic heterocycles. The molecule has 0 aliphatic carbocycles. The number of thioether (sulfide) groups is 1. The molecule has 1 heterocycles. The van der Waals surface area contributed by atoms with Crippen LogP contribution in [0.3, 0.4) is 0 Å². The Morgan fingerprint density at radius 1 is 1.17 bits per heavy atom. The van der Waals surface area contributed by atoms with Crippen molar-refractivity contribution in [1.82, 2.24) is 0 Å². The smallest absolute Gasteiger partial charge is 0.163 e. The fourth-order valence-electron chi connectivity index (χ4n) is 2.23. The zero-order valence-corrected chi connectivity index (χ0v) is 10.5. The molecule has 0 amide bonds. The van der Waals surface area contributed by atoms with Crippen molar-refractivity contribution in [2.45, 2.75) is 23.4 Å². The zero-order valence-electron chi connectivity index (χ0n) is 11.7. The maximum Gasteiger partial charge on any atom is 0.163 e. The van der Waals surface area contributed by atoms with E-state index in [1.54, 1.807) is 0 Å². The predicted octanol–water partition coefficient (Wildman–Crippen LogP) is 4.72. The van der Waals surface area contributed by atoms with Crippen molar-refractivity contribution in [2.24, 2.45) is 0 Å². The van der Waals surface area contributed by atoms with Gasteiger partial charge < -0.3 is 0 Å².